The van der Waals surface area contributed by atoms with E-state index in [1.165, 1.54) is 11.5 Å². The second kappa shape index (κ2) is 8.36. The summed E-state index contributed by atoms with van der Waals surface area (Å²) in [6.45, 7) is 3.79. The molecule has 2 aromatic carbocycles. The van der Waals surface area contributed by atoms with E-state index in [4.69, 9.17) is 0 Å². The maximum Gasteiger partial charge on any atom is 0.265 e. The number of carbonyl (C=O) groups excluding carboxylic acids is 2. The lowest BCUT2D eigenvalue weighted by atomic mass is 10.1. The SMILES string of the molecule is CC(=O)c1ccc(NC(=O)c2cc3cccnc3n(Cc3ccc(C)cc3)c2=O)cc1. The number of aromatic nitrogens is 2. The summed E-state index contributed by atoms with van der Waals surface area (Å²) in [5.41, 5.74) is 3.27. The van der Waals surface area contributed by atoms with E-state index in [1.54, 1.807) is 42.6 Å². The summed E-state index contributed by atoms with van der Waals surface area (Å²) < 4.78 is 1.52. The van der Waals surface area contributed by atoms with Crippen LogP contribution in [0.1, 0.15) is 38.8 Å². The molecule has 0 fully saturated rings. The first-order valence-corrected chi connectivity index (χ1v) is 9.89. The first-order chi connectivity index (χ1) is 14.9. The van der Waals surface area contributed by atoms with Crippen molar-refractivity contribution in [2.45, 2.75) is 20.4 Å². The molecule has 0 radical (unpaired) electrons. The second-order valence-corrected chi connectivity index (χ2v) is 7.44. The van der Waals surface area contributed by atoms with Gasteiger partial charge in [-0.15, -0.1) is 0 Å². The Kier molecular flexibility index (Phi) is 5.45. The van der Waals surface area contributed by atoms with Crippen LogP contribution in [0.4, 0.5) is 5.69 Å². The first-order valence-electron chi connectivity index (χ1n) is 9.89. The molecule has 154 valence electrons. The van der Waals surface area contributed by atoms with Gasteiger partial charge in [0.25, 0.3) is 11.5 Å². The highest BCUT2D eigenvalue weighted by Gasteiger charge is 2.17. The van der Waals surface area contributed by atoms with Gasteiger partial charge >= 0.3 is 0 Å². The number of pyridine rings is 2. The summed E-state index contributed by atoms with van der Waals surface area (Å²) in [6, 6.07) is 19.6. The van der Waals surface area contributed by atoms with Crippen molar-refractivity contribution in [3.63, 3.8) is 0 Å². The van der Waals surface area contributed by atoms with Gasteiger partial charge in [0, 0.05) is 22.8 Å². The van der Waals surface area contributed by atoms with Gasteiger partial charge in [-0.25, -0.2) is 4.98 Å². The molecule has 6 nitrogen and oxygen atoms in total. The molecule has 1 amide bonds. The third-order valence-electron chi connectivity index (χ3n) is 5.10. The Hall–Kier alpha value is -4.06. The van der Waals surface area contributed by atoms with Gasteiger partial charge in [-0.2, -0.15) is 0 Å². The zero-order chi connectivity index (χ0) is 22.0. The van der Waals surface area contributed by atoms with E-state index >= 15 is 0 Å². The van der Waals surface area contributed by atoms with E-state index in [1.807, 2.05) is 37.3 Å². The molecule has 2 heterocycles. The number of aryl methyl sites for hydroxylation is 1. The van der Waals surface area contributed by atoms with Crippen molar-refractivity contribution < 1.29 is 9.59 Å². The third kappa shape index (κ3) is 4.28. The monoisotopic (exact) mass is 411 g/mol. The lowest BCUT2D eigenvalue weighted by Crippen LogP contribution is -2.30. The fourth-order valence-electron chi connectivity index (χ4n) is 3.38. The summed E-state index contributed by atoms with van der Waals surface area (Å²) in [5.74, 6) is -0.567. The van der Waals surface area contributed by atoms with E-state index in [2.05, 4.69) is 10.3 Å². The number of Topliss-reactive ketones (excluding diaryl/α,β-unsaturated/α-hetero) is 1. The Balaban J connectivity index is 1.73. The van der Waals surface area contributed by atoms with Gasteiger partial charge < -0.3 is 5.32 Å². The van der Waals surface area contributed by atoms with Crippen LogP contribution in [0.3, 0.4) is 0 Å². The Bertz CT molecular complexity index is 1340. The van der Waals surface area contributed by atoms with Crippen molar-refractivity contribution >= 4 is 28.4 Å². The van der Waals surface area contributed by atoms with Crippen LogP contribution >= 0.6 is 0 Å². The van der Waals surface area contributed by atoms with Crippen LogP contribution in [0, 0.1) is 6.92 Å². The number of hydrogen-bond donors (Lipinski definition) is 1. The van der Waals surface area contributed by atoms with Crippen LogP contribution in [0.25, 0.3) is 11.0 Å². The number of fused-ring (bicyclic) bond motifs is 1. The third-order valence-corrected chi connectivity index (χ3v) is 5.10. The van der Waals surface area contributed by atoms with Crippen molar-refractivity contribution in [1.29, 1.82) is 0 Å². The van der Waals surface area contributed by atoms with Crippen molar-refractivity contribution in [1.82, 2.24) is 9.55 Å². The van der Waals surface area contributed by atoms with Crippen LogP contribution in [0.15, 0.2) is 77.7 Å². The number of rotatable bonds is 5. The maximum absolute atomic E-state index is 13.2. The molecule has 0 unspecified atom stereocenters. The highest BCUT2D eigenvalue weighted by molar-refractivity contribution is 6.06. The second-order valence-electron chi connectivity index (χ2n) is 7.44. The summed E-state index contributed by atoms with van der Waals surface area (Å²) in [6.07, 6.45) is 1.63. The quantitative estimate of drug-likeness (QED) is 0.499. The molecule has 4 aromatic rings. The Morgan fingerprint density at radius 3 is 2.39 bits per heavy atom. The topological polar surface area (TPSA) is 81.1 Å². The molecule has 31 heavy (non-hydrogen) atoms. The standard InChI is InChI=1S/C25H21N3O3/c1-16-5-7-18(8-6-16)15-28-23-20(4-3-13-26-23)14-22(25(28)31)24(30)27-21-11-9-19(10-12-21)17(2)29/h3-14H,15H2,1-2H3,(H,27,30). The molecule has 0 saturated carbocycles. The summed E-state index contributed by atoms with van der Waals surface area (Å²) in [5, 5.41) is 3.44. The number of nitrogens with one attached hydrogen (secondary N) is 1. The van der Waals surface area contributed by atoms with E-state index in [0.717, 1.165) is 11.1 Å². The van der Waals surface area contributed by atoms with Gasteiger partial charge in [0.2, 0.25) is 0 Å². The fraction of sp³-hybridized carbons (Fsp3) is 0.120. The van der Waals surface area contributed by atoms with Crippen LogP contribution < -0.4 is 10.9 Å². The normalized spacial score (nSPS) is 10.8. The van der Waals surface area contributed by atoms with Crippen molar-refractivity contribution in [3.8, 4) is 0 Å². The zero-order valence-electron chi connectivity index (χ0n) is 17.3. The minimum absolute atomic E-state index is 0.0308. The van der Waals surface area contributed by atoms with Crippen LogP contribution in [0.5, 0.6) is 0 Å². The summed E-state index contributed by atoms with van der Waals surface area (Å²) in [7, 11) is 0. The average molecular weight is 411 g/mol. The number of carbonyl (C=O) groups is 2. The molecule has 6 heteroatoms. The van der Waals surface area contributed by atoms with Gasteiger partial charge in [-0.3, -0.25) is 19.0 Å². The van der Waals surface area contributed by atoms with E-state index in [-0.39, 0.29) is 11.3 Å². The molecule has 0 aliphatic heterocycles. The van der Waals surface area contributed by atoms with Crippen LogP contribution in [-0.4, -0.2) is 21.2 Å². The zero-order valence-corrected chi connectivity index (χ0v) is 17.3. The Morgan fingerprint density at radius 1 is 1.00 bits per heavy atom. The van der Waals surface area contributed by atoms with Crippen molar-refractivity contribution in [2.75, 3.05) is 5.32 Å². The van der Waals surface area contributed by atoms with Crippen LogP contribution in [-0.2, 0) is 6.54 Å². The smallest absolute Gasteiger partial charge is 0.265 e. The van der Waals surface area contributed by atoms with Gasteiger partial charge in [0.05, 0.1) is 6.54 Å². The summed E-state index contributed by atoms with van der Waals surface area (Å²) >= 11 is 0. The molecule has 2 aromatic heterocycles. The first kappa shape index (κ1) is 20.2. The van der Waals surface area contributed by atoms with Gasteiger partial charge in [0.15, 0.2) is 5.78 Å². The molecular formula is C25H21N3O3. The highest BCUT2D eigenvalue weighted by Crippen LogP contribution is 2.16. The predicted molar refractivity (Wildman–Crippen MR) is 121 cm³/mol. The van der Waals surface area contributed by atoms with Crippen molar-refractivity contribution in [3.05, 3.63) is 106 Å². The molecule has 0 spiro atoms. The van der Waals surface area contributed by atoms with Crippen LogP contribution in [0.2, 0.25) is 0 Å². The number of anilines is 1. The molecule has 0 saturated heterocycles. The van der Waals surface area contributed by atoms with Gasteiger partial charge in [0.1, 0.15) is 11.2 Å². The molecule has 0 aliphatic carbocycles. The fourth-order valence-corrected chi connectivity index (χ4v) is 3.38. The lowest BCUT2D eigenvalue weighted by Gasteiger charge is -2.13. The number of benzene rings is 2. The minimum atomic E-state index is -0.510. The summed E-state index contributed by atoms with van der Waals surface area (Å²) in [4.78, 5) is 42.0. The number of amides is 1. The number of hydrogen-bond acceptors (Lipinski definition) is 4. The van der Waals surface area contributed by atoms with Gasteiger partial charge in [-0.05, 0) is 61.9 Å². The largest absolute Gasteiger partial charge is 0.322 e. The number of nitrogens with zero attached hydrogens (tertiary/aromatic N) is 2. The number of ketones is 1. The van der Waals surface area contributed by atoms with E-state index in [0.29, 0.717) is 28.8 Å². The van der Waals surface area contributed by atoms with E-state index < -0.39 is 11.5 Å². The molecule has 0 aliphatic rings. The average Bonchev–Trinajstić information content (AvgIpc) is 2.77. The molecule has 4 rings (SSSR count). The maximum atomic E-state index is 13.2. The van der Waals surface area contributed by atoms with Crippen molar-refractivity contribution in [2.24, 2.45) is 0 Å². The van der Waals surface area contributed by atoms with Gasteiger partial charge in [-0.1, -0.05) is 29.8 Å². The Labute approximate surface area is 179 Å². The lowest BCUT2D eigenvalue weighted by molar-refractivity contribution is 0.101. The predicted octanol–water partition coefficient (Wildman–Crippen LogP) is 4.21. The minimum Gasteiger partial charge on any atom is -0.322 e. The molecule has 1 N–H and O–H groups in total. The molecule has 0 atom stereocenters. The Morgan fingerprint density at radius 2 is 1.71 bits per heavy atom. The highest BCUT2D eigenvalue weighted by atomic mass is 16.2. The molecule has 0 bridgehead atoms. The van der Waals surface area contributed by atoms with E-state index in [9.17, 15) is 14.4 Å². The molecular weight excluding hydrogens is 390 g/mol.